The first-order valence-corrected chi connectivity index (χ1v) is 5.14. The van der Waals surface area contributed by atoms with Gasteiger partial charge < -0.3 is 14.2 Å². The van der Waals surface area contributed by atoms with Crippen LogP contribution in [0.2, 0.25) is 0 Å². The van der Waals surface area contributed by atoms with E-state index in [1.54, 1.807) is 0 Å². The summed E-state index contributed by atoms with van der Waals surface area (Å²) in [6.07, 6.45) is -2.69. The van der Waals surface area contributed by atoms with Gasteiger partial charge in [-0.2, -0.15) is 13.2 Å². The molecule has 2 heterocycles. The number of ether oxygens (including phenoxy) is 1. The Labute approximate surface area is 105 Å². The normalized spacial score (nSPS) is 12.0. The average molecular weight is 274 g/mol. The van der Waals surface area contributed by atoms with Crippen LogP contribution in [0.15, 0.2) is 18.5 Å². The predicted octanol–water partition coefficient (Wildman–Crippen LogP) is 2.20. The van der Waals surface area contributed by atoms with E-state index in [1.165, 1.54) is 7.11 Å². The monoisotopic (exact) mass is 274 g/mol. The highest BCUT2D eigenvalue weighted by molar-refractivity contribution is 5.86. The number of alkyl halides is 3. The second-order valence-electron chi connectivity index (χ2n) is 3.85. The Morgan fingerprint density at radius 2 is 2.16 bits per heavy atom. The number of aromatic nitrogens is 2. The number of carboxylic acid groups (broad SMARTS) is 1. The molecule has 0 unspecified atom stereocenters. The standard InChI is InChI=1S/C11H9F3N2O3/c1-19-5-6-2-7(11(12,13)14)3-16-4-8(10(17)18)15-9(6)16/h2-4H,5H2,1H3,(H,17,18). The third-order valence-electron chi connectivity index (χ3n) is 2.47. The van der Waals surface area contributed by atoms with Crippen molar-refractivity contribution < 1.29 is 27.8 Å². The Morgan fingerprint density at radius 1 is 1.47 bits per heavy atom. The van der Waals surface area contributed by atoms with E-state index in [9.17, 15) is 18.0 Å². The lowest BCUT2D eigenvalue weighted by molar-refractivity contribution is -0.137. The number of carboxylic acids is 1. The molecule has 0 aliphatic heterocycles. The number of nitrogens with zero attached hydrogens (tertiary/aromatic N) is 2. The molecule has 0 saturated carbocycles. The molecule has 19 heavy (non-hydrogen) atoms. The fourth-order valence-corrected chi connectivity index (χ4v) is 1.69. The fourth-order valence-electron chi connectivity index (χ4n) is 1.69. The third-order valence-corrected chi connectivity index (χ3v) is 2.47. The molecule has 2 aromatic heterocycles. The highest BCUT2D eigenvalue weighted by Gasteiger charge is 2.32. The zero-order chi connectivity index (χ0) is 14.2. The minimum Gasteiger partial charge on any atom is -0.476 e. The Hall–Kier alpha value is -2.09. The van der Waals surface area contributed by atoms with E-state index in [4.69, 9.17) is 9.84 Å². The van der Waals surface area contributed by atoms with Crippen molar-refractivity contribution >= 4 is 11.6 Å². The molecule has 0 aliphatic rings. The maximum Gasteiger partial charge on any atom is 0.417 e. The maximum atomic E-state index is 12.7. The van der Waals surface area contributed by atoms with Crippen LogP contribution >= 0.6 is 0 Å². The summed E-state index contributed by atoms with van der Waals surface area (Å²) >= 11 is 0. The Bertz CT molecular complexity index is 634. The van der Waals surface area contributed by atoms with Gasteiger partial charge in [0, 0.05) is 25.1 Å². The van der Waals surface area contributed by atoms with Gasteiger partial charge in [-0.3, -0.25) is 0 Å². The van der Waals surface area contributed by atoms with Gasteiger partial charge in [-0.05, 0) is 6.07 Å². The van der Waals surface area contributed by atoms with Crippen molar-refractivity contribution in [1.82, 2.24) is 9.38 Å². The van der Waals surface area contributed by atoms with E-state index >= 15 is 0 Å². The van der Waals surface area contributed by atoms with E-state index < -0.39 is 17.7 Å². The number of imidazole rings is 1. The smallest absolute Gasteiger partial charge is 0.417 e. The minimum absolute atomic E-state index is 0.0938. The van der Waals surface area contributed by atoms with Crippen molar-refractivity contribution in [2.24, 2.45) is 0 Å². The summed E-state index contributed by atoms with van der Waals surface area (Å²) < 4.78 is 44.0. The van der Waals surface area contributed by atoms with Crippen LogP contribution in [0.5, 0.6) is 0 Å². The second-order valence-corrected chi connectivity index (χ2v) is 3.85. The van der Waals surface area contributed by atoms with Crippen LogP contribution in [0, 0.1) is 0 Å². The molecule has 0 radical (unpaired) electrons. The first-order chi connectivity index (χ1) is 8.82. The molecule has 0 aliphatic carbocycles. The Morgan fingerprint density at radius 3 is 2.68 bits per heavy atom. The molecular weight excluding hydrogens is 265 g/mol. The molecule has 0 amide bonds. The molecule has 0 spiro atoms. The van der Waals surface area contributed by atoms with Crippen molar-refractivity contribution in [3.63, 3.8) is 0 Å². The number of fused-ring (bicyclic) bond motifs is 1. The Balaban J connectivity index is 2.68. The van der Waals surface area contributed by atoms with Gasteiger partial charge in [0.1, 0.15) is 5.65 Å². The van der Waals surface area contributed by atoms with Gasteiger partial charge in [0.25, 0.3) is 0 Å². The zero-order valence-corrected chi connectivity index (χ0v) is 9.73. The molecule has 0 saturated heterocycles. The quantitative estimate of drug-likeness (QED) is 0.931. The van der Waals surface area contributed by atoms with Crippen molar-refractivity contribution in [3.8, 4) is 0 Å². The van der Waals surface area contributed by atoms with Crippen LogP contribution in [0.4, 0.5) is 13.2 Å². The lowest BCUT2D eigenvalue weighted by Gasteiger charge is -2.10. The molecule has 0 atom stereocenters. The summed E-state index contributed by atoms with van der Waals surface area (Å²) in [5.74, 6) is -1.30. The summed E-state index contributed by atoms with van der Waals surface area (Å²) in [7, 11) is 1.33. The van der Waals surface area contributed by atoms with E-state index in [0.29, 0.717) is 0 Å². The van der Waals surface area contributed by atoms with Gasteiger partial charge in [0.15, 0.2) is 5.69 Å². The lowest BCUT2D eigenvalue weighted by atomic mass is 10.2. The van der Waals surface area contributed by atoms with Crippen LogP contribution in [-0.2, 0) is 17.5 Å². The summed E-state index contributed by atoms with van der Waals surface area (Å²) in [5.41, 5.74) is -0.907. The molecule has 2 aromatic rings. The zero-order valence-electron chi connectivity index (χ0n) is 9.73. The molecule has 0 fully saturated rings. The number of aromatic carboxylic acids is 1. The summed E-state index contributed by atoms with van der Waals surface area (Å²) in [5, 5.41) is 8.81. The molecular formula is C11H9F3N2O3. The highest BCUT2D eigenvalue weighted by Crippen LogP contribution is 2.31. The van der Waals surface area contributed by atoms with Crippen molar-refractivity contribution in [3.05, 3.63) is 35.3 Å². The maximum absolute atomic E-state index is 12.7. The number of pyridine rings is 1. The number of rotatable bonds is 3. The van der Waals surface area contributed by atoms with Gasteiger partial charge >= 0.3 is 12.1 Å². The van der Waals surface area contributed by atoms with Crippen molar-refractivity contribution in [1.29, 1.82) is 0 Å². The largest absolute Gasteiger partial charge is 0.476 e. The summed E-state index contributed by atoms with van der Waals surface area (Å²) in [6.45, 7) is -0.0938. The SMILES string of the molecule is COCc1cc(C(F)(F)F)cn2cc(C(=O)O)nc12. The Kier molecular flexibility index (Phi) is 3.19. The number of hydrogen-bond donors (Lipinski definition) is 1. The molecule has 8 heteroatoms. The predicted molar refractivity (Wildman–Crippen MR) is 57.9 cm³/mol. The lowest BCUT2D eigenvalue weighted by Crippen LogP contribution is -2.08. The van der Waals surface area contributed by atoms with Gasteiger partial charge in [0.2, 0.25) is 0 Å². The van der Waals surface area contributed by atoms with Crippen LogP contribution in [0.3, 0.4) is 0 Å². The second kappa shape index (κ2) is 4.54. The number of carbonyl (C=O) groups is 1. The molecule has 2 rings (SSSR count). The molecule has 0 bridgehead atoms. The molecule has 102 valence electrons. The van der Waals surface area contributed by atoms with Crippen LogP contribution in [0.25, 0.3) is 5.65 Å². The van der Waals surface area contributed by atoms with Crippen molar-refractivity contribution in [2.75, 3.05) is 7.11 Å². The third kappa shape index (κ3) is 2.53. The summed E-state index contributed by atoms with van der Waals surface area (Å²) in [4.78, 5) is 14.6. The van der Waals surface area contributed by atoms with Gasteiger partial charge in [-0.25, -0.2) is 9.78 Å². The molecule has 0 aromatic carbocycles. The van der Waals surface area contributed by atoms with Crippen LogP contribution < -0.4 is 0 Å². The van der Waals surface area contributed by atoms with Crippen molar-refractivity contribution in [2.45, 2.75) is 12.8 Å². The first kappa shape index (κ1) is 13.3. The summed E-state index contributed by atoms with van der Waals surface area (Å²) in [6, 6.07) is 0.900. The highest BCUT2D eigenvalue weighted by atomic mass is 19.4. The van der Waals surface area contributed by atoms with E-state index in [1.807, 2.05) is 0 Å². The van der Waals surface area contributed by atoms with Gasteiger partial charge in [-0.15, -0.1) is 0 Å². The van der Waals surface area contributed by atoms with Gasteiger partial charge in [-0.1, -0.05) is 0 Å². The first-order valence-electron chi connectivity index (χ1n) is 5.14. The van der Waals surface area contributed by atoms with E-state index in [-0.39, 0.29) is 23.5 Å². The minimum atomic E-state index is -4.52. The fraction of sp³-hybridized carbons (Fsp3) is 0.273. The van der Waals surface area contributed by atoms with E-state index in [2.05, 4.69) is 4.98 Å². The number of halogens is 3. The van der Waals surface area contributed by atoms with Crippen LogP contribution in [0.1, 0.15) is 21.6 Å². The average Bonchev–Trinajstić information content (AvgIpc) is 2.72. The van der Waals surface area contributed by atoms with Crippen LogP contribution in [-0.4, -0.2) is 27.6 Å². The molecule has 5 nitrogen and oxygen atoms in total. The van der Waals surface area contributed by atoms with Gasteiger partial charge in [0.05, 0.1) is 12.2 Å². The topological polar surface area (TPSA) is 63.8 Å². The molecule has 1 N–H and O–H groups in total. The van der Waals surface area contributed by atoms with E-state index in [0.717, 1.165) is 22.9 Å². The number of methoxy groups -OCH3 is 1. The number of hydrogen-bond acceptors (Lipinski definition) is 3.